The van der Waals surface area contributed by atoms with Crippen LogP contribution in [0.1, 0.15) is 50.5 Å². The fourth-order valence-electron chi connectivity index (χ4n) is 3.47. The zero-order valence-corrected chi connectivity index (χ0v) is 14.7. The molecule has 0 spiro atoms. The summed E-state index contributed by atoms with van der Waals surface area (Å²) in [5.41, 5.74) is 1.34. The number of amides is 2. The van der Waals surface area contributed by atoms with Gasteiger partial charge in [0.05, 0.1) is 18.6 Å². The van der Waals surface area contributed by atoms with Crippen LogP contribution in [0.15, 0.2) is 18.2 Å². The Morgan fingerprint density at radius 1 is 1.27 bits per heavy atom. The van der Waals surface area contributed by atoms with Crippen molar-refractivity contribution in [1.29, 1.82) is 0 Å². The van der Waals surface area contributed by atoms with Gasteiger partial charge in [-0.1, -0.05) is 0 Å². The normalized spacial score (nSPS) is 17.5. The van der Waals surface area contributed by atoms with Crippen molar-refractivity contribution in [3.63, 3.8) is 0 Å². The molecule has 140 valence electrons. The smallest absolute Gasteiger partial charge is 0.305 e. The minimum atomic E-state index is -0.878. The van der Waals surface area contributed by atoms with Gasteiger partial charge in [0.2, 0.25) is 11.8 Å². The van der Waals surface area contributed by atoms with Crippen LogP contribution in [0.4, 0.5) is 5.69 Å². The van der Waals surface area contributed by atoms with Gasteiger partial charge >= 0.3 is 5.97 Å². The molecule has 26 heavy (non-hydrogen) atoms. The highest BCUT2D eigenvalue weighted by Gasteiger charge is 2.40. The van der Waals surface area contributed by atoms with E-state index in [-0.39, 0.29) is 18.2 Å². The number of ether oxygens (including phenoxy) is 1. The molecule has 0 atom stereocenters. The van der Waals surface area contributed by atoms with E-state index in [2.05, 4.69) is 10.6 Å². The highest BCUT2D eigenvalue weighted by Crippen LogP contribution is 2.35. The quantitative estimate of drug-likeness (QED) is 0.617. The van der Waals surface area contributed by atoms with Crippen LogP contribution in [-0.2, 0) is 20.8 Å². The van der Waals surface area contributed by atoms with Gasteiger partial charge in [0.25, 0.3) is 0 Å². The molecule has 0 unspecified atom stereocenters. The zero-order valence-electron chi connectivity index (χ0n) is 14.7. The second kappa shape index (κ2) is 7.76. The molecule has 0 bridgehead atoms. The molecule has 1 aromatic carbocycles. The second-order valence-electron chi connectivity index (χ2n) is 7.07. The van der Waals surface area contributed by atoms with Gasteiger partial charge in [0.1, 0.15) is 5.75 Å². The maximum absolute atomic E-state index is 12.1. The summed E-state index contributed by atoms with van der Waals surface area (Å²) < 4.78 is 5.70. The van der Waals surface area contributed by atoms with Crippen molar-refractivity contribution in [2.75, 3.05) is 11.9 Å². The monoisotopic (exact) mass is 360 g/mol. The minimum absolute atomic E-state index is 0.0130. The second-order valence-corrected chi connectivity index (χ2v) is 7.07. The summed E-state index contributed by atoms with van der Waals surface area (Å²) in [7, 11) is 0. The molecule has 3 N–H and O–H groups in total. The third-order valence-electron chi connectivity index (χ3n) is 4.99. The zero-order chi connectivity index (χ0) is 18.6. The predicted molar refractivity (Wildman–Crippen MR) is 95.1 cm³/mol. The summed E-state index contributed by atoms with van der Waals surface area (Å²) in [6.45, 7) is 0.407. The van der Waals surface area contributed by atoms with E-state index in [1.807, 2.05) is 12.1 Å². The van der Waals surface area contributed by atoms with Crippen LogP contribution in [0.25, 0.3) is 0 Å². The Morgan fingerprint density at radius 2 is 2.08 bits per heavy atom. The number of carboxylic acid groups (broad SMARTS) is 1. The van der Waals surface area contributed by atoms with E-state index in [0.29, 0.717) is 32.3 Å². The van der Waals surface area contributed by atoms with Crippen molar-refractivity contribution in [2.45, 2.75) is 56.9 Å². The lowest BCUT2D eigenvalue weighted by atomic mass is 9.74. The first-order valence-corrected chi connectivity index (χ1v) is 9.04. The summed E-state index contributed by atoms with van der Waals surface area (Å²) in [6, 6.07) is 5.56. The number of carboxylic acids is 1. The number of hydrogen-bond donors (Lipinski definition) is 3. The highest BCUT2D eigenvalue weighted by atomic mass is 16.5. The average Bonchev–Trinajstić information content (AvgIpc) is 2.56. The number of rotatable bonds is 8. The van der Waals surface area contributed by atoms with Gasteiger partial charge in [-0.3, -0.25) is 14.4 Å². The topological polar surface area (TPSA) is 105 Å². The van der Waals surface area contributed by atoms with Gasteiger partial charge in [-0.25, -0.2) is 0 Å². The lowest BCUT2D eigenvalue weighted by Gasteiger charge is -2.41. The minimum Gasteiger partial charge on any atom is -0.494 e. The van der Waals surface area contributed by atoms with Crippen molar-refractivity contribution in [1.82, 2.24) is 5.32 Å². The van der Waals surface area contributed by atoms with Crippen LogP contribution in [0.5, 0.6) is 5.75 Å². The average molecular weight is 360 g/mol. The Bertz CT molecular complexity index is 712. The van der Waals surface area contributed by atoms with Crippen LogP contribution >= 0.6 is 0 Å². The summed E-state index contributed by atoms with van der Waals surface area (Å²) in [4.78, 5) is 34.4. The number of aryl methyl sites for hydroxylation is 1. The first-order chi connectivity index (χ1) is 12.5. The molecule has 1 aliphatic heterocycles. The number of aliphatic carboxylic acids is 1. The molecule has 3 rings (SSSR count). The standard InChI is InChI=1S/C19H24N2O5/c22-16-7-4-13-11-14(5-6-15(13)20-16)26-10-1-3-17(23)21-19(8-2-9-19)12-18(24)25/h5-6,11H,1-4,7-10,12H2,(H,20,22)(H,21,23)(H,24,25). The lowest BCUT2D eigenvalue weighted by Crippen LogP contribution is -2.54. The Kier molecular flexibility index (Phi) is 5.44. The third-order valence-corrected chi connectivity index (χ3v) is 4.99. The molecule has 1 aliphatic carbocycles. The number of hydrogen-bond acceptors (Lipinski definition) is 4. The van der Waals surface area contributed by atoms with Crippen LogP contribution in [-0.4, -0.2) is 35.0 Å². The SMILES string of the molecule is O=C(O)CC1(NC(=O)CCCOc2ccc3c(c2)CCC(=O)N3)CCC1. The number of fused-ring (bicyclic) bond motifs is 1. The summed E-state index contributed by atoms with van der Waals surface area (Å²) in [5, 5.41) is 14.7. The number of benzene rings is 1. The number of anilines is 1. The molecule has 0 saturated heterocycles. The van der Waals surface area contributed by atoms with Crippen LogP contribution in [0.2, 0.25) is 0 Å². The molecule has 7 nitrogen and oxygen atoms in total. The number of carbonyl (C=O) groups excluding carboxylic acids is 2. The van der Waals surface area contributed by atoms with E-state index in [9.17, 15) is 14.4 Å². The third kappa shape index (κ3) is 4.53. The molecular weight excluding hydrogens is 336 g/mol. The maximum atomic E-state index is 12.1. The number of nitrogens with one attached hydrogen (secondary N) is 2. The van der Waals surface area contributed by atoms with Gasteiger partial charge in [-0.2, -0.15) is 0 Å². The summed E-state index contributed by atoms with van der Waals surface area (Å²) in [5.74, 6) is -0.245. The Labute approximate surface area is 152 Å². The molecule has 7 heteroatoms. The molecule has 1 aromatic rings. The fraction of sp³-hybridized carbons (Fsp3) is 0.526. The van der Waals surface area contributed by atoms with E-state index < -0.39 is 11.5 Å². The van der Waals surface area contributed by atoms with Gasteiger partial charge in [0.15, 0.2) is 0 Å². The largest absolute Gasteiger partial charge is 0.494 e. The highest BCUT2D eigenvalue weighted by molar-refractivity contribution is 5.94. The van der Waals surface area contributed by atoms with E-state index in [0.717, 1.165) is 36.3 Å². The first kappa shape index (κ1) is 18.2. The van der Waals surface area contributed by atoms with Crippen LogP contribution < -0.4 is 15.4 Å². The molecule has 1 fully saturated rings. The van der Waals surface area contributed by atoms with Gasteiger partial charge in [-0.05, 0) is 55.9 Å². The Balaban J connectivity index is 1.41. The van der Waals surface area contributed by atoms with Crippen LogP contribution in [0, 0.1) is 0 Å². The van der Waals surface area contributed by atoms with E-state index in [1.54, 1.807) is 6.07 Å². The molecule has 1 heterocycles. The van der Waals surface area contributed by atoms with Gasteiger partial charge in [-0.15, -0.1) is 0 Å². The molecule has 1 saturated carbocycles. The van der Waals surface area contributed by atoms with Crippen molar-refractivity contribution in [2.24, 2.45) is 0 Å². The predicted octanol–water partition coefficient (Wildman–Crippen LogP) is 2.24. The molecule has 2 amide bonds. The van der Waals surface area contributed by atoms with Gasteiger partial charge < -0.3 is 20.5 Å². The van der Waals surface area contributed by atoms with Gasteiger partial charge in [0, 0.05) is 18.5 Å². The number of carbonyl (C=O) groups is 3. The maximum Gasteiger partial charge on any atom is 0.305 e. The summed E-state index contributed by atoms with van der Waals surface area (Å²) in [6.07, 6.45) is 4.45. The lowest BCUT2D eigenvalue weighted by molar-refractivity contribution is -0.140. The van der Waals surface area contributed by atoms with E-state index >= 15 is 0 Å². The van der Waals surface area contributed by atoms with Crippen molar-refractivity contribution in [3.8, 4) is 5.75 Å². The fourth-order valence-corrected chi connectivity index (χ4v) is 3.47. The van der Waals surface area contributed by atoms with E-state index in [1.165, 1.54) is 0 Å². The molecule has 0 radical (unpaired) electrons. The molecular formula is C19H24N2O5. The van der Waals surface area contributed by atoms with E-state index in [4.69, 9.17) is 9.84 Å². The Morgan fingerprint density at radius 3 is 2.77 bits per heavy atom. The Hall–Kier alpha value is -2.57. The van der Waals surface area contributed by atoms with Crippen molar-refractivity contribution < 1.29 is 24.2 Å². The first-order valence-electron chi connectivity index (χ1n) is 9.04. The van der Waals surface area contributed by atoms with Crippen LogP contribution in [0.3, 0.4) is 0 Å². The summed E-state index contributed by atoms with van der Waals surface area (Å²) >= 11 is 0. The van der Waals surface area contributed by atoms with Crippen molar-refractivity contribution >= 4 is 23.5 Å². The molecule has 0 aromatic heterocycles. The van der Waals surface area contributed by atoms with Crippen molar-refractivity contribution in [3.05, 3.63) is 23.8 Å². The molecule has 2 aliphatic rings.